The molecule has 1 atom stereocenters. The number of aliphatic imine (C=N–C) groups is 1. The van der Waals surface area contributed by atoms with Crippen LogP contribution < -0.4 is 19.3 Å². The topological polar surface area (TPSA) is 50.2 Å². The quantitative estimate of drug-likeness (QED) is 0.302. The van der Waals surface area contributed by atoms with Gasteiger partial charge in [-0.05, 0) is 48.6 Å². The zero-order valence-corrected chi connectivity index (χ0v) is 22.4. The molecular weight excluding hydrogens is 484 g/mol. The van der Waals surface area contributed by atoms with Gasteiger partial charge in [-0.25, -0.2) is 9.98 Å². The third-order valence-electron chi connectivity index (χ3n) is 7.66. The summed E-state index contributed by atoms with van der Waals surface area (Å²) in [5.74, 6) is 1.15. The maximum absolute atomic E-state index is 7.13. The predicted molar refractivity (Wildman–Crippen MR) is 151 cm³/mol. The number of halogens is 1. The Morgan fingerprint density at radius 3 is 2.57 bits per heavy atom. The molecule has 3 heterocycles. The van der Waals surface area contributed by atoms with Gasteiger partial charge >= 0.3 is 0 Å². The van der Waals surface area contributed by atoms with Gasteiger partial charge in [-0.3, -0.25) is 0 Å². The van der Waals surface area contributed by atoms with E-state index in [0.717, 1.165) is 22.1 Å². The number of aromatic nitrogens is 1. The number of rotatable bonds is 4. The summed E-state index contributed by atoms with van der Waals surface area (Å²) in [7, 11) is 5.72. The van der Waals surface area contributed by atoms with E-state index in [1.54, 1.807) is 13.3 Å². The Labute approximate surface area is 222 Å². The Balaban J connectivity index is 1.58. The molecule has 0 bridgehead atoms. The van der Waals surface area contributed by atoms with E-state index in [1.807, 2.05) is 24.4 Å². The van der Waals surface area contributed by atoms with Crippen LogP contribution in [0.4, 0.5) is 17.1 Å². The summed E-state index contributed by atoms with van der Waals surface area (Å²) >= 11 is 6.72. The first-order chi connectivity index (χ1) is 17.7. The Morgan fingerprint density at radius 1 is 1.05 bits per heavy atom. The highest BCUT2D eigenvalue weighted by atomic mass is 35.5. The highest BCUT2D eigenvalue weighted by Crippen LogP contribution is 2.57. The van der Waals surface area contributed by atoms with E-state index >= 15 is 0 Å². The predicted octanol–water partition coefficient (Wildman–Crippen LogP) is 6.75. The SMILES string of the molecule is COc1cc2cc(Cl)c3c(c2cn1)OC1(C=N3)N(Cc2ccccc2)c2cc(N(C)C)ccc2C1(C)C. The molecule has 1 aromatic heterocycles. The Kier molecular flexibility index (Phi) is 5.35. The van der Waals surface area contributed by atoms with Crippen molar-refractivity contribution in [3.8, 4) is 11.6 Å². The number of hydrogen-bond acceptors (Lipinski definition) is 6. The molecule has 0 saturated heterocycles. The molecule has 1 unspecified atom stereocenters. The van der Waals surface area contributed by atoms with Gasteiger partial charge < -0.3 is 19.3 Å². The van der Waals surface area contributed by atoms with Crippen LogP contribution in [0.15, 0.2) is 71.9 Å². The molecule has 37 heavy (non-hydrogen) atoms. The van der Waals surface area contributed by atoms with E-state index < -0.39 is 11.1 Å². The first-order valence-electron chi connectivity index (χ1n) is 12.3. The van der Waals surface area contributed by atoms with E-state index in [2.05, 4.69) is 85.2 Å². The van der Waals surface area contributed by atoms with Crippen molar-refractivity contribution in [2.75, 3.05) is 31.0 Å². The van der Waals surface area contributed by atoms with Crippen LogP contribution in [0, 0.1) is 0 Å². The number of fused-ring (bicyclic) bond motifs is 4. The fourth-order valence-corrected chi connectivity index (χ4v) is 5.76. The number of nitrogens with zero attached hydrogens (tertiary/aromatic N) is 4. The summed E-state index contributed by atoms with van der Waals surface area (Å²) in [6.07, 6.45) is 3.71. The van der Waals surface area contributed by atoms with Crippen molar-refractivity contribution in [3.05, 3.63) is 83.0 Å². The second-order valence-corrected chi connectivity index (χ2v) is 10.7. The van der Waals surface area contributed by atoms with Gasteiger partial charge in [0.2, 0.25) is 11.6 Å². The Hall–Kier alpha value is -3.77. The van der Waals surface area contributed by atoms with E-state index in [-0.39, 0.29) is 0 Å². The zero-order valence-electron chi connectivity index (χ0n) is 21.6. The summed E-state index contributed by atoms with van der Waals surface area (Å²) in [6.45, 7) is 5.09. The van der Waals surface area contributed by atoms with Crippen molar-refractivity contribution in [2.45, 2.75) is 31.5 Å². The van der Waals surface area contributed by atoms with E-state index in [1.165, 1.54) is 11.1 Å². The van der Waals surface area contributed by atoms with Crippen LogP contribution in [0.2, 0.25) is 5.02 Å². The van der Waals surface area contributed by atoms with Crippen LogP contribution >= 0.6 is 11.6 Å². The average Bonchev–Trinajstić information content (AvgIpc) is 3.07. The third-order valence-corrected chi connectivity index (χ3v) is 7.94. The highest BCUT2D eigenvalue weighted by Gasteiger charge is 2.60. The van der Waals surface area contributed by atoms with Crippen molar-refractivity contribution in [2.24, 2.45) is 4.99 Å². The highest BCUT2D eigenvalue weighted by molar-refractivity contribution is 6.34. The summed E-state index contributed by atoms with van der Waals surface area (Å²) in [5, 5.41) is 2.26. The lowest BCUT2D eigenvalue weighted by molar-refractivity contribution is 0.0780. The summed E-state index contributed by atoms with van der Waals surface area (Å²) in [6, 6.07) is 20.8. The van der Waals surface area contributed by atoms with E-state index in [0.29, 0.717) is 28.9 Å². The van der Waals surface area contributed by atoms with E-state index in [4.69, 9.17) is 26.1 Å². The van der Waals surface area contributed by atoms with Gasteiger partial charge in [0.1, 0.15) is 5.69 Å². The Bertz CT molecular complexity index is 1550. The number of methoxy groups -OCH3 is 1. The van der Waals surface area contributed by atoms with Gasteiger partial charge in [0.25, 0.3) is 0 Å². The van der Waals surface area contributed by atoms with Crippen LogP contribution in [0.3, 0.4) is 0 Å². The molecule has 7 heteroatoms. The largest absolute Gasteiger partial charge is 0.481 e. The lowest BCUT2D eigenvalue weighted by Gasteiger charge is -2.46. The molecular formula is C30H29ClN4O2. The van der Waals surface area contributed by atoms with Crippen LogP contribution in [0.25, 0.3) is 10.8 Å². The van der Waals surface area contributed by atoms with Crippen molar-refractivity contribution >= 4 is 45.7 Å². The number of hydrogen-bond donors (Lipinski definition) is 0. The molecule has 0 radical (unpaired) electrons. The van der Waals surface area contributed by atoms with Gasteiger partial charge in [0.15, 0.2) is 5.75 Å². The molecule has 1 spiro atoms. The fraction of sp³-hybridized carbons (Fsp3) is 0.267. The second kappa shape index (κ2) is 8.38. The molecule has 2 aliphatic heterocycles. The number of benzene rings is 3. The van der Waals surface area contributed by atoms with Gasteiger partial charge in [-0.1, -0.05) is 48.0 Å². The standard InChI is InChI=1S/C30H29ClN4O2/c1-29(2)23-12-11-21(34(3)4)15-25(23)35(17-19-9-7-6-8-10-19)30(29)18-33-27-24(31)13-20-14-26(36-5)32-16-22(20)28(27)37-30/h6-16,18H,17H2,1-5H3. The number of pyridine rings is 1. The summed E-state index contributed by atoms with van der Waals surface area (Å²) in [5.41, 5.74) is 3.94. The fourth-order valence-electron chi connectivity index (χ4n) is 5.51. The first-order valence-corrected chi connectivity index (χ1v) is 12.7. The molecule has 6 rings (SSSR count). The number of ether oxygens (including phenoxy) is 2. The smallest absolute Gasteiger partial charge is 0.229 e. The molecule has 4 aromatic rings. The minimum Gasteiger partial charge on any atom is -0.481 e. The maximum Gasteiger partial charge on any atom is 0.229 e. The molecule has 3 aromatic carbocycles. The second-order valence-electron chi connectivity index (χ2n) is 10.3. The molecule has 0 aliphatic carbocycles. The lowest BCUT2D eigenvalue weighted by atomic mass is 9.77. The summed E-state index contributed by atoms with van der Waals surface area (Å²) in [4.78, 5) is 13.9. The molecule has 0 N–H and O–H groups in total. The van der Waals surface area contributed by atoms with Crippen LogP contribution in [0.1, 0.15) is 25.0 Å². The van der Waals surface area contributed by atoms with Crippen molar-refractivity contribution < 1.29 is 9.47 Å². The molecule has 188 valence electrons. The van der Waals surface area contributed by atoms with Crippen molar-refractivity contribution in [1.82, 2.24) is 4.98 Å². The normalized spacial score (nSPS) is 19.0. The zero-order chi connectivity index (χ0) is 25.9. The third kappa shape index (κ3) is 3.46. The van der Waals surface area contributed by atoms with Gasteiger partial charge in [-0.2, -0.15) is 0 Å². The first kappa shape index (κ1) is 23.6. The van der Waals surface area contributed by atoms with Crippen LogP contribution in [-0.4, -0.2) is 38.1 Å². The minimum atomic E-state index is -0.888. The monoisotopic (exact) mass is 512 g/mol. The van der Waals surface area contributed by atoms with Crippen molar-refractivity contribution in [3.63, 3.8) is 0 Å². The Morgan fingerprint density at radius 2 is 1.84 bits per heavy atom. The lowest BCUT2D eigenvalue weighted by Crippen LogP contribution is -2.62. The minimum absolute atomic E-state index is 0.433. The molecule has 0 amide bonds. The molecule has 2 aliphatic rings. The van der Waals surface area contributed by atoms with Crippen LogP contribution in [0.5, 0.6) is 11.6 Å². The van der Waals surface area contributed by atoms with Crippen LogP contribution in [-0.2, 0) is 12.0 Å². The van der Waals surface area contributed by atoms with Crippen molar-refractivity contribution in [1.29, 1.82) is 0 Å². The van der Waals surface area contributed by atoms with E-state index in [9.17, 15) is 0 Å². The average molecular weight is 513 g/mol. The van der Waals surface area contributed by atoms with Gasteiger partial charge in [0.05, 0.1) is 23.8 Å². The number of anilines is 2. The molecule has 0 fully saturated rings. The maximum atomic E-state index is 7.13. The molecule has 6 nitrogen and oxygen atoms in total. The van der Waals surface area contributed by atoms with Gasteiger partial charge in [0, 0.05) is 49.7 Å². The summed E-state index contributed by atoms with van der Waals surface area (Å²) < 4.78 is 12.5. The van der Waals surface area contributed by atoms with Gasteiger partial charge in [-0.15, -0.1) is 0 Å². The molecule has 0 saturated carbocycles.